The maximum Gasteiger partial charge on any atom is 0.170 e. The Morgan fingerprint density at radius 2 is 1.89 bits per heavy atom. The second-order valence-electron chi connectivity index (χ2n) is 6.17. The predicted molar refractivity (Wildman–Crippen MR) is 108 cm³/mol. The van der Waals surface area contributed by atoms with Crippen molar-refractivity contribution in [2.24, 2.45) is 10.9 Å². The number of benzene rings is 3. The van der Waals surface area contributed by atoms with Crippen molar-refractivity contribution in [3.63, 3.8) is 0 Å². The molecule has 0 saturated heterocycles. The number of amidine groups is 1. The second kappa shape index (κ2) is 7.78. The highest BCUT2D eigenvalue weighted by molar-refractivity contribution is 6.32. The van der Waals surface area contributed by atoms with Crippen LogP contribution < -0.4 is 10.5 Å². The van der Waals surface area contributed by atoms with Crippen LogP contribution in [0.3, 0.4) is 0 Å². The van der Waals surface area contributed by atoms with Gasteiger partial charge >= 0.3 is 0 Å². The van der Waals surface area contributed by atoms with Crippen LogP contribution in [-0.2, 0) is 0 Å². The first-order chi connectivity index (χ1) is 13.4. The van der Waals surface area contributed by atoms with Gasteiger partial charge in [-0.15, -0.1) is 0 Å². The lowest BCUT2D eigenvalue weighted by molar-refractivity contribution is 0.318. The summed E-state index contributed by atoms with van der Waals surface area (Å²) in [5, 5.41) is 22.5. The number of methoxy groups -OCH3 is 1. The number of hydrogen-bond acceptors (Lipinski definition) is 4. The highest BCUT2D eigenvalue weighted by Crippen LogP contribution is 2.45. The van der Waals surface area contributed by atoms with Crippen LogP contribution in [0.25, 0.3) is 22.3 Å². The molecule has 4 N–H and O–H groups in total. The molecule has 28 heavy (non-hydrogen) atoms. The van der Waals surface area contributed by atoms with Crippen molar-refractivity contribution in [1.29, 1.82) is 0 Å². The number of phenolic OH excluding ortho intramolecular Hbond substituents is 1. The van der Waals surface area contributed by atoms with Crippen LogP contribution in [0.15, 0.2) is 53.7 Å². The Hall–Kier alpha value is -3.25. The number of nitrogens with two attached hydrogens (primary N) is 1. The molecule has 0 fully saturated rings. The van der Waals surface area contributed by atoms with E-state index in [1.54, 1.807) is 31.2 Å². The van der Waals surface area contributed by atoms with E-state index in [-0.39, 0.29) is 16.6 Å². The van der Waals surface area contributed by atoms with E-state index in [0.717, 1.165) is 0 Å². The molecule has 0 aliphatic heterocycles. The maximum atomic E-state index is 14.0. The molecule has 0 amide bonds. The largest absolute Gasteiger partial charge is 0.506 e. The molecule has 144 valence electrons. The molecule has 0 heterocycles. The van der Waals surface area contributed by atoms with Crippen molar-refractivity contribution in [1.82, 2.24) is 0 Å². The second-order valence-corrected chi connectivity index (χ2v) is 6.57. The molecule has 0 aliphatic carbocycles. The number of aromatic hydroxyl groups is 1. The monoisotopic (exact) mass is 400 g/mol. The molecule has 0 bridgehead atoms. The minimum atomic E-state index is -0.444. The van der Waals surface area contributed by atoms with Crippen molar-refractivity contribution in [2.45, 2.75) is 6.92 Å². The standard InChI is InChI=1S/C21H18ClFN2O3/c1-11-19(16-9-14(23)6-7-18(16)28-2)15(10-17(22)20(11)26)12-4-3-5-13(8-12)21(24)25-27/h3-10,26-27H,1-2H3,(H2,24,25). The molecule has 0 aromatic heterocycles. The van der Waals surface area contributed by atoms with E-state index < -0.39 is 5.82 Å². The van der Waals surface area contributed by atoms with Gasteiger partial charge in [0.1, 0.15) is 17.3 Å². The molecule has 5 nitrogen and oxygen atoms in total. The summed E-state index contributed by atoms with van der Waals surface area (Å²) in [6.45, 7) is 1.69. The Labute approximate surface area is 166 Å². The zero-order valence-corrected chi connectivity index (χ0v) is 16.0. The van der Waals surface area contributed by atoms with E-state index in [1.807, 2.05) is 6.07 Å². The molecule has 0 saturated carbocycles. The van der Waals surface area contributed by atoms with E-state index in [1.165, 1.54) is 25.3 Å². The molecule has 0 spiro atoms. The van der Waals surface area contributed by atoms with Gasteiger partial charge in [0, 0.05) is 22.3 Å². The number of nitrogens with zero attached hydrogens (tertiary/aromatic N) is 1. The summed E-state index contributed by atoms with van der Waals surface area (Å²) in [5.41, 5.74) is 9.04. The smallest absolute Gasteiger partial charge is 0.170 e. The summed E-state index contributed by atoms with van der Waals surface area (Å²) in [7, 11) is 1.49. The van der Waals surface area contributed by atoms with Gasteiger partial charge in [-0.05, 0) is 48.4 Å². The van der Waals surface area contributed by atoms with Crippen molar-refractivity contribution >= 4 is 17.4 Å². The molecule has 0 aliphatic rings. The summed E-state index contributed by atoms with van der Waals surface area (Å²) >= 11 is 6.22. The Bertz CT molecular complexity index is 1080. The number of phenols is 1. The number of rotatable bonds is 4. The van der Waals surface area contributed by atoms with Crippen LogP contribution in [-0.4, -0.2) is 23.3 Å². The molecule has 3 aromatic carbocycles. The van der Waals surface area contributed by atoms with Crippen molar-refractivity contribution in [3.05, 3.63) is 70.5 Å². The Balaban J connectivity index is 2.37. The van der Waals surface area contributed by atoms with Crippen molar-refractivity contribution in [3.8, 4) is 33.8 Å². The Kier molecular flexibility index (Phi) is 5.42. The Morgan fingerprint density at radius 3 is 2.57 bits per heavy atom. The molecule has 0 radical (unpaired) electrons. The number of ether oxygens (including phenoxy) is 1. The van der Waals surface area contributed by atoms with Crippen LogP contribution in [0.2, 0.25) is 5.02 Å². The highest BCUT2D eigenvalue weighted by atomic mass is 35.5. The predicted octanol–water partition coefficient (Wildman–Crippen LogP) is 4.93. The quantitative estimate of drug-likeness (QED) is 0.251. The average molecular weight is 401 g/mol. The lowest BCUT2D eigenvalue weighted by Gasteiger charge is -2.18. The van der Waals surface area contributed by atoms with Crippen LogP contribution in [0.5, 0.6) is 11.5 Å². The molecule has 3 rings (SSSR count). The van der Waals surface area contributed by atoms with Gasteiger partial charge in [0.05, 0.1) is 12.1 Å². The van der Waals surface area contributed by atoms with Crippen LogP contribution in [0, 0.1) is 12.7 Å². The average Bonchev–Trinajstić information content (AvgIpc) is 2.71. The third kappa shape index (κ3) is 3.46. The first kappa shape index (κ1) is 19.5. The fourth-order valence-electron chi connectivity index (χ4n) is 3.12. The van der Waals surface area contributed by atoms with Gasteiger partial charge in [-0.25, -0.2) is 4.39 Å². The van der Waals surface area contributed by atoms with Gasteiger partial charge in [-0.2, -0.15) is 0 Å². The van der Waals surface area contributed by atoms with E-state index in [0.29, 0.717) is 39.1 Å². The number of oxime groups is 1. The molecule has 3 aromatic rings. The van der Waals surface area contributed by atoms with Gasteiger partial charge < -0.3 is 20.8 Å². The lowest BCUT2D eigenvalue weighted by Crippen LogP contribution is -2.12. The van der Waals surface area contributed by atoms with E-state index >= 15 is 0 Å². The van der Waals surface area contributed by atoms with Crippen LogP contribution >= 0.6 is 11.6 Å². The summed E-state index contributed by atoms with van der Waals surface area (Å²) in [4.78, 5) is 0. The normalized spacial score (nSPS) is 11.5. The molecule has 0 unspecified atom stereocenters. The van der Waals surface area contributed by atoms with E-state index in [9.17, 15) is 9.50 Å². The minimum absolute atomic E-state index is 0.0478. The zero-order chi connectivity index (χ0) is 20.4. The topological polar surface area (TPSA) is 88.1 Å². The van der Waals surface area contributed by atoms with Crippen LogP contribution in [0.1, 0.15) is 11.1 Å². The first-order valence-electron chi connectivity index (χ1n) is 8.31. The third-order valence-corrected chi connectivity index (χ3v) is 4.79. The van der Waals surface area contributed by atoms with Gasteiger partial charge in [0.2, 0.25) is 0 Å². The van der Waals surface area contributed by atoms with Crippen molar-refractivity contribution < 1.29 is 19.4 Å². The molecule has 7 heteroatoms. The Morgan fingerprint density at radius 1 is 1.14 bits per heavy atom. The van der Waals surface area contributed by atoms with Gasteiger partial charge in [0.25, 0.3) is 0 Å². The summed E-state index contributed by atoms with van der Waals surface area (Å²) in [6.07, 6.45) is 0. The van der Waals surface area contributed by atoms with E-state index in [2.05, 4.69) is 5.16 Å². The summed E-state index contributed by atoms with van der Waals surface area (Å²) in [5.74, 6) is -0.145. The third-order valence-electron chi connectivity index (χ3n) is 4.50. The highest BCUT2D eigenvalue weighted by Gasteiger charge is 2.20. The fourth-order valence-corrected chi connectivity index (χ4v) is 3.37. The minimum Gasteiger partial charge on any atom is -0.506 e. The fraction of sp³-hybridized carbons (Fsp3) is 0.0952. The van der Waals surface area contributed by atoms with Gasteiger partial charge in [-0.3, -0.25) is 0 Å². The summed E-state index contributed by atoms with van der Waals surface area (Å²) in [6, 6.07) is 12.7. The summed E-state index contributed by atoms with van der Waals surface area (Å²) < 4.78 is 19.4. The first-order valence-corrected chi connectivity index (χ1v) is 8.69. The molecular weight excluding hydrogens is 383 g/mol. The van der Waals surface area contributed by atoms with Gasteiger partial charge in [-0.1, -0.05) is 35.0 Å². The maximum absolute atomic E-state index is 14.0. The lowest BCUT2D eigenvalue weighted by atomic mass is 9.89. The number of halogens is 2. The molecule has 0 atom stereocenters. The van der Waals surface area contributed by atoms with Crippen molar-refractivity contribution in [2.75, 3.05) is 7.11 Å². The van der Waals surface area contributed by atoms with E-state index in [4.69, 9.17) is 27.3 Å². The molecular formula is C21H18ClFN2O3. The van der Waals surface area contributed by atoms with Gasteiger partial charge in [0.15, 0.2) is 5.84 Å². The SMILES string of the molecule is COc1ccc(F)cc1-c1c(-c2cccc(C(N)=NO)c2)cc(Cl)c(O)c1C. The number of hydrogen-bond donors (Lipinski definition) is 3. The zero-order valence-electron chi connectivity index (χ0n) is 15.2. The van der Waals surface area contributed by atoms with Crippen LogP contribution in [0.4, 0.5) is 4.39 Å².